The van der Waals surface area contributed by atoms with Gasteiger partial charge in [-0.1, -0.05) is 84.4 Å². The van der Waals surface area contributed by atoms with Gasteiger partial charge in [-0.2, -0.15) is 0 Å². The number of aromatic nitrogens is 2. The van der Waals surface area contributed by atoms with Gasteiger partial charge < -0.3 is 4.42 Å². The molecular weight excluding hydrogens is 536 g/mol. The molecule has 0 radical (unpaired) electrons. The molecule has 42 heavy (non-hydrogen) atoms. The zero-order chi connectivity index (χ0) is 28.0. The Hall–Kier alpha value is -5.25. The Kier molecular flexibility index (Phi) is 5.83. The summed E-state index contributed by atoms with van der Waals surface area (Å²) in [6.07, 6.45) is 3.68. The maximum atomic E-state index is 6.47. The van der Waals surface area contributed by atoms with Crippen LogP contribution in [0.5, 0.6) is 0 Å². The summed E-state index contributed by atoms with van der Waals surface area (Å²) in [6, 6.07) is 44.0. The van der Waals surface area contributed by atoms with Crippen LogP contribution in [-0.4, -0.2) is 9.97 Å². The van der Waals surface area contributed by atoms with Crippen molar-refractivity contribution in [3.05, 3.63) is 145 Å². The summed E-state index contributed by atoms with van der Waals surface area (Å²) in [6.45, 7) is 0. The standard InChI is InChI=1S/C38H23ClN2O/c39-30-16-14-24(15-17-30)38-41-37-35(26-9-5-8-25(19-26)28-10-6-18-40-23-28)21-29(22-36(37)42-38)34-20-27-7-1-2-11-31(27)32-12-3-4-13-33(32)34/h1-23H. The quantitative estimate of drug-likeness (QED) is 0.202. The van der Waals surface area contributed by atoms with Crippen molar-refractivity contribution in [2.75, 3.05) is 0 Å². The molecule has 0 saturated heterocycles. The average molecular weight is 559 g/mol. The molecule has 0 bridgehead atoms. The molecule has 4 heteroatoms. The number of halogens is 1. The first kappa shape index (κ1) is 24.5. The summed E-state index contributed by atoms with van der Waals surface area (Å²) in [5.41, 5.74) is 8.88. The number of nitrogens with zero attached hydrogens (tertiary/aromatic N) is 2. The molecule has 0 aliphatic rings. The van der Waals surface area contributed by atoms with Crippen LogP contribution in [0.25, 0.3) is 77.5 Å². The Balaban J connectivity index is 1.40. The largest absolute Gasteiger partial charge is 0.436 e. The lowest BCUT2D eigenvalue weighted by molar-refractivity contribution is 0.620. The van der Waals surface area contributed by atoms with Gasteiger partial charge in [-0.25, -0.2) is 4.98 Å². The molecule has 6 aromatic carbocycles. The molecule has 0 aliphatic heterocycles. The van der Waals surface area contributed by atoms with E-state index < -0.39 is 0 Å². The van der Waals surface area contributed by atoms with Crippen molar-refractivity contribution in [1.82, 2.24) is 9.97 Å². The van der Waals surface area contributed by atoms with E-state index in [0.717, 1.165) is 50.0 Å². The fourth-order valence-corrected chi connectivity index (χ4v) is 5.94. The number of pyridine rings is 1. The van der Waals surface area contributed by atoms with E-state index in [1.165, 1.54) is 21.5 Å². The predicted molar refractivity (Wildman–Crippen MR) is 174 cm³/mol. The van der Waals surface area contributed by atoms with Gasteiger partial charge in [-0.15, -0.1) is 0 Å². The zero-order valence-corrected chi connectivity index (χ0v) is 23.2. The predicted octanol–water partition coefficient (Wildman–Crippen LogP) is 10.9. The maximum Gasteiger partial charge on any atom is 0.227 e. The third kappa shape index (κ3) is 4.23. The van der Waals surface area contributed by atoms with Gasteiger partial charge in [0, 0.05) is 34.1 Å². The third-order valence-corrected chi connectivity index (χ3v) is 8.09. The van der Waals surface area contributed by atoms with Crippen LogP contribution in [0.3, 0.4) is 0 Å². The molecule has 198 valence electrons. The summed E-state index contributed by atoms with van der Waals surface area (Å²) in [5, 5.41) is 5.54. The molecule has 0 spiro atoms. The Morgan fingerprint density at radius 1 is 0.524 bits per heavy atom. The van der Waals surface area contributed by atoms with E-state index in [0.29, 0.717) is 10.9 Å². The van der Waals surface area contributed by atoms with Crippen molar-refractivity contribution in [1.29, 1.82) is 0 Å². The average Bonchev–Trinajstić information content (AvgIpc) is 3.49. The molecule has 8 aromatic rings. The molecule has 0 saturated carbocycles. The van der Waals surface area contributed by atoms with Crippen molar-refractivity contribution < 1.29 is 4.42 Å². The van der Waals surface area contributed by atoms with E-state index in [9.17, 15) is 0 Å². The maximum absolute atomic E-state index is 6.47. The third-order valence-electron chi connectivity index (χ3n) is 7.83. The topological polar surface area (TPSA) is 38.9 Å². The highest BCUT2D eigenvalue weighted by atomic mass is 35.5. The molecule has 2 heterocycles. The highest BCUT2D eigenvalue weighted by Crippen LogP contribution is 2.41. The van der Waals surface area contributed by atoms with E-state index >= 15 is 0 Å². The van der Waals surface area contributed by atoms with Crippen LogP contribution in [0.15, 0.2) is 144 Å². The van der Waals surface area contributed by atoms with E-state index in [1.54, 1.807) is 6.20 Å². The van der Waals surface area contributed by atoms with Crippen LogP contribution in [0.2, 0.25) is 5.02 Å². The SMILES string of the molecule is Clc1ccc(-c2nc3c(-c4cccc(-c5cccnc5)c4)cc(-c4cc5ccccc5c5ccccc45)cc3o2)cc1. The smallest absolute Gasteiger partial charge is 0.227 e. The van der Waals surface area contributed by atoms with Gasteiger partial charge in [0.05, 0.1) is 0 Å². The first-order chi connectivity index (χ1) is 20.7. The minimum absolute atomic E-state index is 0.562. The van der Waals surface area contributed by atoms with Crippen LogP contribution >= 0.6 is 11.6 Å². The second kappa shape index (κ2) is 9.99. The second-order valence-corrected chi connectivity index (χ2v) is 10.8. The number of rotatable bonds is 4. The molecule has 0 N–H and O–H groups in total. The molecule has 0 atom stereocenters. The molecule has 0 aliphatic carbocycles. The number of oxazole rings is 1. The summed E-state index contributed by atoms with van der Waals surface area (Å²) >= 11 is 6.17. The summed E-state index contributed by atoms with van der Waals surface area (Å²) in [4.78, 5) is 9.34. The molecular formula is C38H23ClN2O. The van der Waals surface area contributed by atoms with Crippen molar-refractivity contribution in [3.63, 3.8) is 0 Å². The van der Waals surface area contributed by atoms with Crippen molar-refractivity contribution >= 4 is 44.2 Å². The van der Waals surface area contributed by atoms with Crippen molar-refractivity contribution in [2.24, 2.45) is 0 Å². The summed E-state index contributed by atoms with van der Waals surface area (Å²) in [7, 11) is 0. The van der Waals surface area contributed by atoms with Crippen LogP contribution in [0, 0.1) is 0 Å². The lowest BCUT2D eigenvalue weighted by atomic mass is 9.91. The lowest BCUT2D eigenvalue weighted by Gasteiger charge is -2.13. The lowest BCUT2D eigenvalue weighted by Crippen LogP contribution is -1.88. The van der Waals surface area contributed by atoms with E-state index in [2.05, 4.69) is 102 Å². The van der Waals surface area contributed by atoms with Gasteiger partial charge in [0.15, 0.2) is 5.58 Å². The van der Waals surface area contributed by atoms with Gasteiger partial charge in [-0.05, 0) is 98.4 Å². The number of hydrogen-bond donors (Lipinski definition) is 0. The van der Waals surface area contributed by atoms with Gasteiger partial charge in [0.2, 0.25) is 5.89 Å². The highest BCUT2D eigenvalue weighted by molar-refractivity contribution is 6.30. The Labute approximate surface area is 247 Å². The normalized spacial score (nSPS) is 11.5. The fourth-order valence-electron chi connectivity index (χ4n) is 5.81. The second-order valence-electron chi connectivity index (χ2n) is 10.4. The first-order valence-electron chi connectivity index (χ1n) is 13.8. The van der Waals surface area contributed by atoms with E-state index in [4.69, 9.17) is 21.0 Å². The molecule has 0 amide bonds. The van der Waals surface area contributed by atoms with E-state index in [1.807, 2.05) is 36.5 Å². The Morgan fingerprint density at radius 2 is 1.29 bits per heavy atom. The minimum Gasteiger partial charge on any atom is -0.436 e. The number of hydrogen-bond acceptors (Lipinski definition) is 3. The molecule has 0 unspecified atom stereocenters. The summed E-state index contributed by atoms with van der Waals surface area (Å²) in [5.74, 6) is 0.562. The molecule has 2 aromatic heterocycles. The van der Waals surface area contributed by atoms with Gasteiger partial charge in [0.1, 0.15) is 5.52 Å². The van der Waals surface area contributed by atoms with Gasteiger partial charge >= 0.3 is 0 Å². The van der Waals surface area contributed by atoms with Crippen molar-refractivity contribution in [3.8, 4) is 44.8 Å². The van der Waals surface area contributed by atoms with Crippen LogP contribution in [0.4, 0.5) is 0 Å². The molecule has 0 fully saturated rings. The minimum atomic E-state index is 0.562. The first-order valence-corrected chi connectivity index (χ1v) is 14.2. The monoisotopic (exact) mass is 558 g/mol. The van der Waals surface area contributed by atoms with Crippen molar-refractivity contribution in [2.45, 2.75) is 0 Å². The van der Waals surface area contributed by atoms with Crippen LogP contribution in [-0.2, 0) is 0 Å². The Bertz CT molecular complexity index is 2250. The zero-order valence-electron chi connectivity index (χ0n) is 22.5. The number of fused-ring (bicyclic) bond motifs is 4. The van der Waals surface area contributed by atoms with Crippen LogP contribution < -0.4 is 0 Å². The fraction of sp³-hybridized carbons (Fsp3) is 0. The Morgan fingerprint density at radius 3 is 2.12 bits per heavy atom. The van der Waals surface area contributed by atoms with E-state index in [-0.39, 0.29) is 0 Å². The van der Waals surface area contributed by atoms with Gasteiger partial charge in [-0.3, -0.25) is 4.98 Å². The van der Waals surface area contributed by atoms with Gasteiger partial charge in [0.25, 0.3) is 0 Å². The highest BCUT2D eigenvalue weighted by Gasteiger charge is 2.18. The molecule has 8 rings (SSSR count). The molecule has 3 nitrogen and oxygen atoms in total. The summed E-state index contributed by atoms with van der Waals surface area (Å²) < 4.78 is 6.47. The number of benzene rings is 6. The van der Waals surface area contributed by atoms with Crippen LogP contribution in [0.1, 0.15) is 0 Å².